The summed E-state index contributed by atoms with van der Waals surface area (Å²) in [5.74, 6) is 0.904. The molecule has 3 aromatic rings. The number of nitriles is 1. The third-order valence-corrected chi connectivity index (χ3v) is 6.22. The molecule has 1 aromatic carbocycles. The molecule has 2 aromatic heterocycles. The average molecular weight is 415 g/mol. The van der Waals surface area contributed by atoms with Crippen LogP contribution in [0.15, 0.2) is 36.5 Å². The van der Waals surface area contributed by atoms with Crippen molar-refractivity contribution in [3.05, 3.63) is 53.3 Å². The van der Waals surface area contributed by atoms with E-state index in [4.69, 9.17) is 10.00 Å². The largest absolute Gasteiger partial charge is 0.494 e. The van der Waals surface area contributed by atoms with Crippen LogP contribution in [0, 0.1) is 11.3 Å². The Morgan fingerprint density at radius 2 is 2.03 bits per heavy atom. The molecule has 0 spiro atoms. The number of hydrogen-bond donors (Lipinski definition) is 1. The van der Waals surface area contributed by atoms with Crippen molar-refractivity contribution in [2.75, 3.05) is 46.4 Å². The summed E-state index contributed by atoms with van der Waals surface area (Å²) in [6.45, 7) is 6.41. The Morgan fingerprint density at radius 1 is 1.16 bits per heavy atom. The van der Waals surface area contributed by atoms with Gasteiger partial charge in [0.05, 0.1) is 18.0 Å². The SMILES string of the molecule is CN1CCN(CCCOc2ccc3c(c2)-c2[nH]nc(-c4ccc(C#N)nc4)c2C3)CC1. The molecule has 0 atom stereocenters. The van der Waals surface area contributed by atoms with Gasteiger partial charge in [0.2, 0.25) is 0 Å². The molecule has 7 nitrogen and oxygen atoms in total. The van der Waals surface area contributed by atoms with Crippen LogP contribution in [-0.2, 0) is 6.42 Å². The molecule has 1 aliphatic heterocycles. The van der Waals surface area contributed by atoms with E-state index in [1.807, 2.05) is 6.07 Å². The Bertz CT molecular complexity index is 1110. The Balaban J connectivity index is 1.23. The van der Waals surface area contributed by atoms with E-state index in [0.717, 1.165) is 80.4 Å². The van der Waals surface area contributed by atoms with Crippen LogP contribution < -0.4 is 4.74 Å². The molecule has 5 rings (SSSR count). The third kappa shape index (κ3) is 4.05. The fourth-order valence-corrected chi connectivity index (χ4v) is 4.37. The molecular formula is C24H26N6O. The first kappa shape index (κ1) is 19.7. The number of rotatable bonds is 6. The highest BCUT2D eigenvalue weighted by molar-refractivity contribution is 5.81. The second kappa shape index (κ2) is 8.50. The summed E-state index contributed by atoms with van der Waals surface area (Å²) in [6, 6.07) is 12.0. The average Bonchev–Trinajstić information content (AvgIpc) is 3.37. The van der Waals surface area contributed by atoms with Gasteiger partial charge in [-0.05, 0) is 43.3 Å². The Kier molecular flexibility index (Phi) is 5.41. The molecule has 0 unspecified atom stereocenters. The Hall–Kier alpha value is -3.21. The highest BCUT2D eigenvalue weighted by atomic mass is 16.5. The lowest BCUT2D eigenvalue weighted by molar-refractivity contribution is 0.145. The number of H-pyrrole nitrogens is 1. The number of aromatic amines is 1. The van der Waals surface area contributed by atoms with Crippen LogP contribution in [0.3, 0.4) is 0 Å². The number of pyridine rings is 1. The monoisotopic (exact) mass is 414 g/mol. The molecule has 1 fully saturated rings. The van der Waals surface area contributed by atoms with Gasteiger partial charge in [-0.1, -0.05) is 6.07 Å². The first-order chi connectivity index (χ1) is 15.2. The summed E-state index contributed by atoms with van der Waals surface area (Å²) < 4.78 is 6.06. The second-order valence-electron chi connectivity index (χ2n) is 8.31. The molecule has 1 N–H and O–H groups in total. The van der Waals surface area contributed by atoms with Gasteiger partial charge in [0.25, 0.3) is 0 Å². The van der Waals surface area contributed by atoms with Gasteiger partial charge in [0.1, 0.15) is 17.5 Å². The van der Waals surface area contributed by atoms with Crippen LogP contribution >= 0.6 is 0 Å². The van der Waals surface area contributed by atoms with Crippen molar-refractivity contribution >= 4 is 0 Å². The zero-order chi connectivity index (χ0) is 21.2. The van der Waals surface area contributed by atoms with Crippen molar-refractivity contribution in [3.63, 3.8) is 0 Å². The van der Waals surface area contributed by atoms with Crippen LogP contribution in [0.2, 0.25) is 0 Å². The summed E-state index contributed by atoms with van der Waals surface area (Å²) in [4.78, 5) is 9.08. The smallest absolute Gasteiger partial charge is 0.140 e. The number of ether oxygens (including phenoxy) is 1. The van der Waals surface area contributed by atoms with Gasteiger partial charge < -0.3 is 14.5 Å². The van der Waals surface area contributed by atoms with Crippen molar-refractivity contribution in [2.45, 2.75) is 12.8 Å². The highest BCUT2D eigenvalue weighted by Crippen LogP contribution is 2.41. The van der Waals surface area contributed by atoms with Crippen molar-refractivity contribution in [1.29, 1.82) is 5.26 Å². The number of likely N-dealkylation sites (N-methyl/N-ethyl adjacent to an activating group) is 1. The summed E-state index contributed by atoms with van der Waals surface area (Å²) >= 11 is 0. The number of piperazine rings is 1. The number of nitrogens with zero attached hydrogens (tertiary/aromatic N) is 5. The maximum atomic E-state index is 8.96. The molecule has 0 radical (unpaired) electrons. The second-order valence-corrected chi connectivity index (χ2v) is 8.31. The van der Waals surface area contributed by atoms with Gasteiger partial charge >= 0.3 is 0 Å². The van der Waals surface area contributed by atoms with E-state index in [0.29, 0.717) is 5.69 Å². The standard InChI is InChI=1S/C24H26N6O/c1-29-8-10-30(11-9-29)7-2-12-31-20-6-4-17-13-22-23(27-28-24(22)21(17)14-20)18-3-5-19(15-25)26-16-18/h3-6,14,16H,2,7-13H2,1H3,(H,27,28). The number of aromatic nitrogens is 3. The fourth-order valence-electron chi connectivity index (χ4n) is 4.37. The van der Waals surface area contributed by atoms with Crippen molar-refractivity contribution in [3.8, 4) is 34.3 Å². The van der Waals surface area contributed by atoms with Gasteiger partial charge in [-0.2, -0.15) is 10.4 Å². The quantitative estimate of drug-likeness (QED) is 0.489. The summed E-state index contributed by atoms with van der Waals surface area (Å²) in [7, 11) is 2.18. The van der Waals surface area contributed by atoms with E-state index in [-0.39, 0.29) is 0 Å². The minimum absolute atomic E-state index is 0.411. The van der Waals surface area contributed by atoms with E-state index in [1.165, 1.54) is 11.1 Å². The zero-order valence-corrected chi connectivity index (χ0v) is 17.8. The number of nitrogens with one attached hydrogen (secondary N) is 1. The minimum Gasteiger partial charge on any atom is -0.494 e. The molecule has 0 saturated carbocycles. The van der Waals surface area contributed by atoms with Crippen LogP contribution in [-0.4, -0.2) is 71.4 Å². The van der Waals surface area contributed by atoms with E-state index < -0.39 is 0 Å². The van der Waals surface area contributed by atoms with E-state index in [2.05, 4.69) is 56.3 Å². The Morgan fingerprint density at radius 3 is 2.81 bits per heavy atom. The molecule has 0 bridgehead atoms. The van der Waals surface area contributed by atoms with Crippen molar-refractivity contribution < 1.29 is 4.74 Å². The molecule has 2 aliphatic rings. The molecule has 7 heteroatoms. The zero-order valence-electron chi connectivity index (χ0n) is 17.8. The predicted octanol–water partition coefficient (Wildman–Crippen LogP) is 2.93. The number of benzene rings is 1. The summed E-state index contributed by atoms with van der Waals surface area (Å²) in [6.07, 6.45) is 3.58. The maximum Gasteiger partial charge on any atom is 0.140 e. The van der Waals surface area contributed by atoms with E-state index in [9.17, 15) is 0 Å². The normalized spacial score (nSPS) is 16.0. The first-order valence-corrected chi connectivity index (χ1v) is 10.8. The molecule has 1 saturated heterocycles. The molecule has 31 heavy (non-hydrogen) atoms. The molecule has 158 valence electrons. The van der Waals surface area contributed by atoms with Crippen LogP contribution in [0.5, 0.6) is 5.75 Å². The maximum absolute atomic E-state index is 8.96. The van der Waals surface area contributed by atoms with Crippen LogP contribution in [0.1, 0.15) is 23.2 Å². The number of hydrogen-bond acceptors (Lipinski definition) is 6. The molecule has 0 amide bonds. The topological polar surface area (TPSA) is 81.1 Å². The van der Waals surface area contributed by atoms with Gasteiger partial charge in [0.15, 0.2) is 0 Å². The fraction of sp³-hybridized carbons (Fsp3) is 0.375. The molecule has 1 aliphatic carbocycles. The lowest BCUT2D eigenvalue weighted by Gasteiger charge is -2.32. The lowest BCUT2D eigenvalue weighted by atomic mass is 10.1. The Labute approximate surface area is 182 Å². The molecule has 3 heterocycles. The van der Waals surface area contributed by atoms with E-state index >= 15 is 0 Å². The van der Waals surface area contributed by atoms with Crippen LogP contribution in [0.25, 0.3) is 22.5 Å². The molecular weight excluding hydrogens is 388 g/mol. The van der Waals surface area contributed by atoms with Crippen molar-refractivity contribution in [2.24, 2.45) is 0 Å². The van der Waals surface area contributed by atoms with Crippen molar-refractivity contribution in [1.82, 2.24) is 25.0 Å². The van der Waals surface area contributed by atoms with Gasteiger partial charge in [0, 0.05) is 62.0 Å². The van der Waals surface area contributed by atoms with Gasteiger partial charge in [-0.25, -0.2) is 4.98 Å². The van der Waals surface area contributed by atoms with Gasteiger partial charge in [-0.3, -0.25) is 5.10 Å². The predicted molar refractivity (Wildman–Crippen MR) is 119 cm³/mol. The highest BCUT2D eigenvalue weighted by Gasteiger charge is 2.25. The minimum atomic E-state index is 0.411. The summed E-state index contributed by atoms with van der Waals surface area (Å²) in [5, 5.41) is 16.7. The third-order valence-electron chi connectivity index (χ3n) is 6.22. The summed E-state index contributed by atoms with van der Waals surface area (Å²) in [5.41, 5.74) is 6.89. The van der Waals surface area contributed by atoms with E-state index in [1.54, 1.807) is 12.3 Å². The van der Waals surface area contributed by atoms with Gasteiger partial charge in [-0.15, -0.1) is 0 Å². The first-order valence-electron chi connectivity index (χ1n) is 10.8. The lowest BCUT2D eigenvalue weighted by Crippen LogP contribution is -2.44. The van der Waals surface area contributed by atoms with Crippen LogP contribution in [0.4, 0.5) is 0 Å². The number of fused-ring (bicyclic) bond motifs is 3.